The quantitative estimate of drug-likeness (QED) is 0.439. The van der Waals surface area contributed by atoms with Crippen molar-refractivity contribution in [2.45, 2.75) is 0 Å². The monoisotopic (exact) mass is 402 g/mol. The van der Waals surface area contributed by atoms with Gasteiger partial charge in [0.05, 0.1) is 10.7 Å². The molecule has 1 aliphatic rings. The van der Waals surface area contributed by atoms with E-state index >= 15 is 0 Å². The van der Waals surface area contributed by atoms with Crippen LogP contribution in [0, 0.1) is 3.57 Å². The molecule has 1 aromatic carbocycles. The lowest BCUT2D eigenvalue weighted by Crippen LogP contribution is -2.52. The standard InChI is InChI=1S/C13H11IN2O5/c1-16-12(19)7(11(18)15-13(16)20)3-6-4-8(14)10(17)9(5-6)21-2/h3-5,17H,1-2H3,(H,15,18,20)/b7-3-. The minimum Gasteiger partial charge on any atom is -0.504 e. The Morgan fingerprint density at radius 2 is 2.00 bits per heavy atom. The molecule has 2 rings (SSSR count). The Morgan fingerprint density at radius 3 is 2.62 bits per heavy atom. The Balaban J connectivity index is 2.48. The molecular formula is C13H11IN2O5. The first-order chi connectivity index (χ1) is 9.85. The summed E-state index contributed by atoms with van der Waals surface area (Å²) in [6.45, 7) is 0. The predicted octanol–water partition coefficient (Wildman–Crippen LogP) is 1.10. The fourth-order valence-electron chi connectivity index (χ4n) is 1.75. The molecule has 0 aliphatic carbocycles. The topological polar surface area (TPSA) is 95.9 Å². The number of nitrogens with one attached hydrogen (secondary N) is 1. The second-order valence-electron chi connectivity index (χ2n) is 4.24. The van der Waals surface area contributed by atoms with E-state index in [1.165, 1.54) is 26.3 Å². The summed E-state index contributed by atoms with van der Waals surface area (Å²) in [5.41, 5.74) is 0.330. The molecular weight excluding hydrogens is 391 g/mol. The second kappa shape index (κ2) is 5.72. The maximum atomic E-state index is 12.0. The molecule has 1 saturated heterocycles. The van der Waals surface area contributed by atoms with Gasteiger partial charge in [-0.25, -0.2) is 4.79 Å². The smallest absolute Gasteiger partial charge is 0.331 e. The fourth-order valence-corrected chi connectivity index (χ4v) is 2.37. The second-order valence-corrected chi connectivity index (χ2v) is 5.40. The van der Waals surface area contributed by atoms with Crippen LogP contribution in [0.1, 0.15) is 5.56 Å². The predicted molar refractivity (Wildman–Crippen MR) is 81.7 cm³/mol. The van der Waals surface area contributed by atoms with Crippen molar-refractivity contribution in [3.63, 3.8) is 0 Å². The van der Waals surface area contributed by atoms with Gasteiger partial charge >= 0.3 is 6.03 Å². The van der Waals surface area contributed by atoms with Crippen LogP contribution in [0.15, 0.2) is 17.7 Å². The SMILES string of the molecule is COc1cc(/C=C2/C(=O)NC(=O)N(C)C2=O)cc(I)c1O. The van der Waals surface area contributed by atoms with E-state index in [1.54, 1.807) is 6.07 Å². The van der Waals surface area contributed by atoms with E-state index in [2.05, 4.69) is 5.32 Å². The molecule has 0 radical (unpaired) electrons. The maximum absolute atomic E-state index is 12.0. The van der Waals surface area contributed by atoms with E-state index in [4.69, 9.17) is 4.74 Å². The molecule has 0 saturated carbocycles. The Bertz CT molecular complexity index is 683. The van der Waals surface area contributed by atoms with Gasteiger partial charge in [-0.2, -0.15) is 0 Å². The van der Waals surface area contributed by atoms with Gasteiger partial charge in [-0.3, -0.25) is 19.8 Å². The van der Waals surface area contributed by atoms with Crippen molar-refractivity contribution in [2.24, 2.45) is 0 Å². The van der Waals surface area contributed by atoms with Crippen molar-refractivity contribution in [1.82, 2.24) is 10.2 Å². The number of hydrogen-bond acceptors (Lipinski definition) is 5. The first-order valence-corrected chi connectivity index (χ1v) is 6.84. The Hall–Kier alpha value is -2.10. The first-order valence-electron chi connectivity index (χ1n) is 5.76. The van der Waals surface area contributed by atoms with E-state index < -0.39 is 17.8 Å². The van der Waals surface area contributed by atoms with Gasteiger partial charge in [-0.1, -0.05) is 0 Å². The van der Waals surface area contributed by atoms with Gasteiger partial charge in [0.1, 0.15) is 5.57 Å². The van der Waals surface area contributed by atoms with Gasteiger partial charge < -0.3 is 9.84 Å². The van der Waals surface area contributed by atoms with Crippen molar-refractivity contribution >= 4 is 46.5 Å². The van der Waals surface area contributed by atoms with E-state index in [0.717, 1.165) is 4.90 Å². The zero-order valence-corrected chi connectivity index (χ0v) is 13.3. The number of imide groups is 2. The number of amides is 4. The number of urea groups is 1. The molecule has 1 fully saturated rings. The third kappa shape index (κ3) is 2.84. The number of carbonyl (C=O) groups excluding carboxylic acids is 3. The number of phenolic OH excluding ortho intramolecular Hbond substituents is 1. The van der Waals surface area contributed by atoms with Crippen LogP contribution in [-0.4, -0.2) is 42.0 Å². The van der Waals surface area contributed by atoms with Crippen LogP contribution in [-0.2, 0) is 9.59 Å². The number of methoxy groups -OCH3 is 1. The van der Waals surface area contributed by atoms with Crippen LogP contribution in [0.25, 0.3) is 6.08 Å². The number of benzene rings is 1. The van der Waals surface area contributed by atoms with Gasteiger partial charge in [-0.15, -0.1) is 0 Å². The highest BCUT2D eigenvalue weighted by Crippen LogP contribution is 2.33. The Labute approximate surface area is 133 Å². The molecule has 1 aromatic rings. The minimum absolute atomic E-state index is 0.0213. The largest absolute Gasteiger partial charge is 0.504 e. The lowest BCUT2D eigenvalue weighted by atomic mass is 10.1. The lowest BCUT2D eigenvalue weighted by Gasteiger charge is -2.22. The third-order valence-electron chi connectivity index (χ3n) is 2.89. The minimum atomic E-state index is -0.764. The number of rotatable bonds is 2. The van der Waals surface area contributed by atoms with Crippen LogP contribution < -0.4 is 10.1 Å². The number of hydrogen-bond donors (Lipinski definition) is 2. The van der Waals surface area contributed by atoms with Crippen molar-refractivity contribution in [3.05, 3.63) is 26.8 Å². The summed E-state index contributed by atoms with van der Waals surface area (Å²) in [6, 6.07) is 2.31. The van der Waals surface area contributed by atoms with Crippen LogP contribution in [0.3, 0.4) is 0 Å². The highest BCUT2D eigenvalue weighted by molar-refractivity contribution is 14.1. The van der Waals surface area contributed by atoms with E-state index in [0.29, 0.717) is 9.13 Å². The van der Waals surface area contributed by atoms with Crippen LogP contribution >= 0.6 is 22.6 Å². The summed E-state index contributed by atoms with van der Waals surface area (Å²) in [6.07, 6.45) is 1.34. The Morgan fingerprint density at radius 1 is 1.33 bits per heavy atom. The normalized spacial score (nSPS) is 17.2. The fraction of sp³-hybridized carbons (Fsp3) is 0.154. The number of nitrogens with zero attached hydrogens (tertiary/aromatic N) is 1. The zero-order chi connectivity index (χ0) is 15.7. The molecule has 0 unspecified atom stereocenters. The van der Waals surface area contributed by atoms with Crippen LogP contribution in [0.4, 0.5) is 4.79 Å². The van der Waals surface area contributed by atoms with Crippen molar-refractivity contribution in [3.8, 4) is 11.5 Å². The molecule has 4 amide bonds. The van der Waals surface area contributed by atoms with E-state index in [9.17, 15) is 19.5 Å². The van der Waals surface area contributed by atoms with Gasteiger partial charge in [0.25, 0.3) is 11.8 Å². The molecule has 0 bridgehead atoms. The van der Waals surface area contributed by atoms with Crippen molar-refractivity contribution in [2.75, 3.05) is 14.2 Å². The van der Waals surface area contributed by atoms with E-state index in [-0.39, 0.29) is 17.1 Å². The molecule has 0 atom stereocenters. The summed E-state index contributed by atoms with van der Waals surface area (Å²) in [5, 5.41) is 11.8. The van der Waals surface area contributed by atoms with Gasteiger partial charge in [0.2, 0.25) is 0 Å². The highest BCUT2D eigenvalue weighted by Gasteiger charge is 2.33. The summed E-state index contributed by atoms with van der Waals surface area (Å²) >= 11 is 1.90. The highest BCUT2D eigenvalue weighted by atomic mass is 127. The summed E-state index contributed by atoms with van der Waals surface area (Å²) < 4.78 is 5.52. The van der Waals surface area contributed by atoms with Gasteiger partial charge in [0, 0.05) is 7.05 Å². The van der Waals surface area contributed by atoms with Crippen molar-refractivity contribution < 1.29 is 24.2 Å². The summed E-state index contributed by atoms with van der Waals surface area (Å²) in [7, 11) is 2.67. The molecule has 1 heterocycles. The molecule has 8 heteroatoms. The number of aromatic hydroxyl groups is 1. The first kappa shape index (κ1) is 15.3. The summed E-state index contributed by atoms with van der Waals surface area (Å²) in [4.78, 5) is 35.8. The van der Waals surface area contributed by atoms with E-state index in [1.807, 2.05) is 22.6 Å². The average molecular weight is 402 g/mol. The lowest BCUT2D eigenvalue weighted by molar-refractivity contribution is -0.129. The number of ether oxygens (including phenoxy) is 1. The number of halogens is 1. The average Bonchev–Trinajstić information content (AvgIpc) is 2.44. The number of carbonyl (C=O) groups is 3. The molecule has 0 aromatic heterocycles. The molecule has 7 nitrogen and oxygen atoms in total. The molecule has 0 spiro atoms. The zero-order valence-electron chi connectivity index (χ0n) is 11.1. The summed E-state index contributed by atoms with van der Waals surface area (Å²) in [5.74, 6) is -1.25. The molecule has 2 N–H and O–H groups in total. The third-order valence-corrected chi connectivity index (χ3v) is 3.71. The van der Waals surface area contributed by atoms with Crippen LogP contribution in [0.5, 0.6) is 11.5 Å². The van der Waals surface area contributed by atoms with Crippen molar-refractivity contribution in [1.29, 1.82) is 0 Å². The number of phenols is 1. The molecule has 110 valence electrons. The van der Waals surface area contributed by atoms with Crippen LogP contribution in [0.2, 0.25) is 0 Å². The molecule has 1 aliphatic heterocycles. The maximum Gasteiger partial charge on any atom is 0.331 e. The Kier molecular flexibility index (Phi) is 4.16. The van der Waals surface area contributed by atoms with Gasteiger partial charge in [-0.05, 0) is 46.4 Å². The molecule has 21 heavy (non-hydrogen) atoms. The number of barbiturate groups is 1. The number of likely N-dealkylation sites (N-methyl/N-ethyl adjacent to an activating group) is 1. The van der Waals surface area contributed by atoms with Gasteiger partial charge in [0.15, 0.2) is 11.5 Å².